The van der Waals surface area contributed by atoms with Crippen LogP contribution in [-0.2, 0) is 9.53 Å². The molecule has 1 N–H and O–H groups in total. The van der Waals surface area contributed by atoms with Crippen LogP contribution >= 0.6 is 11.6 Å². The van der Waals surface area contributed by atoms with E-state index in [-0.39, 0.29) is 30.5 Å². The van der Waals surface area contributed by atoms with Crippen LogP contribution in [0.15, 0.2) is 12.1 Å². The van der Waals surface area contributed by atoms with Gasteiger partial charge in [0.2, 0.25) is 0 Å². The molecule has 0 aromatic heterocycles. The molecule has 0 spiro atoms. The molecule has 1 saturated heterocycles. The highest BCUT2D eigenvalue weighted by Crippen LogP contribution is 2.35. The first-order chi connectivity index (χ1) is 9.41. The minimum Gasteiger partial charge on any atom is -0.480 e. The number of carboxylic acids is 1. The van der Waals surface area contributed by atoms with E-state index in [1.807, 2.05) is 0 Å². The topological polar surface area (TPSA) is 92.9 Å². The SMILES string of the molecule is O=C(O)C1COCCN1c1cc(Cl)c(F)cc1[N+](=O)[O-]. The average molecular weight is 305 g/mol. The highest BCUT2D eigenvalue weighted by molar-refractivity contribution is 6.31. The Morgan fingerprint density at radius 3 is 2.90 bits per heavy atom. The summed E-state index contributed by atoms with van der Waals surface area (Å²) in [6.07, 6.45) is 0. The molecule has 9 heteroatoms. The van der Waals surface area contributed by atoms with E-state index in [0.717, 1.165) is 6.07 Å². The Balaban J connectivity index is 2.51. The zero-order valence-electron chi connectivity index (χ0n) is 10.1. The highest BCUT2D eigenvalue weighted by Gasteiger charge is 2.34. The molecular formula is C11H10ClFN2O5. The van der Waals surface area contributed by atoms with Crippen LogP contribution in [0.1, 0.15) is 0 Å². The van der Waals surface area contributed by atoms with Crippen molar-refractivity contribution in [3.63, 3.8) is 0 Å². The van der Waals surface area contributed by atoms with Gasteiger partial charge in [-0.15, -0.1) is 0 Å². The molecule has 2 rings (SSSR count). The Hall–Kier alpha value is -1.93. The Bertz CT molecular complexity index is 568. The lowest BCUT2D eigenvalue weighted by atomic mass is 10.1. The number of rotatable bonds is 3. The van der Waals surface area contributed by atoms with E-state index in [9.17, 15) is 19.3 Å². The van der Waals surface area contributed by atoms with Crippen LogP contribution in [0.4, 0.5) is 15.8 Å². The first kappa shape index (κ1) is 14.5. The monoisotopic (exact) mass is 304 g/mol. The fourth-order valence-electron chi connectivity index (χ4n) is 2.00. The molecule has 1 aliphatic heterocycles. The maximum atomic E-state index is 13.3. The minimum atomic E-state index is -1.18. The Morgan fingerprint density at radius 1 is 1.60 bits per heavy atom. The fraction of sp³-hybridized carbons (Fsp3) is 0.364. The summed E-state index contributed by atoms with van der Waals surface area (Å²) in [7, 11) is 0. The first-order valence-electron chi connectivity index (χ1n) is 5.62. The highest BCUT2D eigenvalue weighted by atomic mass is 35.5. The van der Waals surface area contributed by atoms with E-state index in [0.29, 0.717) is 6.07 Å². The number of hydrogen-bond acceptors (Lipinski definition) is 5. The zero-order valence-corrected chi connectivity index (χ0v) is 10.8. The normalized spacial score (nSPS) is 18.9. The van der Waals surface area contributed by atoms with Gasteiger partial charge in [-0.3, -0.25) is 10.1 Å². The summed E-state index contributed by atoms with van der Waals surface area (Å²) in [6.45, 7) is 0.247. The van der Waals surface area contributed by atoms with Crippen LogP contribution in [0.25, 0.3) is 0 Å². The van der Waals surface area contributed by atoms with Crippen LogP contribution < -0.4 is 4.90 Å². The molecule has 0 bridgehead atoms. The standard InChI is InChI=1S/C11H10ClFN2O5/c12-6-3-8(9(15(18)19)4-7(6)13)14-1-2-20-5-10(14)11(16)17/h3-4,10H,1-2,5H2,(H,16,17). The third kappa shape index (κ3) is 2.66. The van der Waals surface area contributed by atoms with Gasteiger partial charge in [0, 0.05) is 6.54 Å². The summed E-state index contributed by atoms with van der Waals surface area (Å²) in [4.78, 5) is 22.7. The number of aliphatic carboxylic acids is 1. The maximum Gasteiger partial charge on any atom is 0.328 e. The number of nitro benzene ring substituents is 1. The molecule has 1 unspecified atom stereocenters. The van der Waals surface area contributed by atoms with Crippen molar-refractivity contribution in [2.75, 3.05) is 24.7 Å². The van der Waals surface area contributed by atoms with Gasteiger partial charge in [-0.25, -0.2) is 9.18 Å². The van der Waals surface area contributed by atoms with Crippen LogP contribution in [0.3, 0.4) is 0 Å². The van der Waals surface area contributed by atoms with Gasteiger partial charge in [-0.1, -0.05) is 11.6 Å². The largest absolute Gasteiger partial charge is 0.480 e. The number of nitrogens with zero attached hydrogens (tertiary/aromatic N) is 2. The average Bonchev–Trinajstić information content (AvgIpc) is 2.41. The van der Waals surface area contributed by atoms with Gasteiger partial charge in [0.05, 0.1) is 29.2 Å². The van der Waals surface area contributed by atoms with Gasteiger partial charge in [0.25, 0.3) is 5.69 Å². The summed E-state index contributed by atoms with van der Waals surface area (Å²) >= 11 is 5.63. The number of ether oxygens (including phenoxy) is 1. The number of carboxylic acid groups (broad SMARTS) is 1. The number of halogens is 2. The smallest absolute Gasteiger partial charge is 0.328 e. The second kappa shape index (κ2) is 5.59. The molecule has 1 atom stereocenters. The molecule has 108 valence electrons. The summed E-state index contributed by atoms with van der Waals surface area (Å²) in [5.74, 6) is -2.11. The maximum absolute atomic E-state index is 13.3. The number of hydrogen-bond donors (Lipinski definition) is 1. The lowest BCUT2D eigenvalue weighted by molar-refractivity contribution is -0.384. The molecule has 1 aromatic rings. The van der Waals surface area contributed by atoms with E-state index in [1.54, 1.807) is 0 Å². The predicted octanol–water partition coefficient (Wildman–Crippen LogP) is 1.68. The van der Waals surface area contributed by atoms with Gasteiger partial charge in [0.15, 0.2) is 6.04 Å². The first-order valence-corrected chi connectivity index (χ1v) is 6.00. The van der Waals surface area contributed by atoms with Gasteiger partial charge < -0.3 is 14.7 Å². The Labute approximate surface area is 117 Å². The van der Waals surface area contributed by atoms with Crippen molar-refractivity contribution in [3.05, 3.63) is 33.1 Å². The van der Waals surface area contributed by atoms with Crippen LogP contribution in [0.2, 0.25) is 5.02 Å². The molecule has 1 aromatic carbocycles. The van der Waals surface area contributed by atoms with E-state index in [2.05, 4.69) is 0 Å². The molecule has 0 saturated carbocycles. The lowest BCUT2D eigenvalue weighted by Crippen LogP contribution is -2.50. The minimum absolute atomic E-state index is 0.0305. The van der Waals surface area contributed by atoms with E-state index in [1.165, 1.54) is 4.90 Å². The summed E-state index contributed by atoms with van der Waals surface area (Å²) in [6, 6.07) is 0.673. The Morgan fingerprint density at radius 2 is 2.30 bits per heavy atom. The molecule has 7 nitrogen and oxygen atoms in total. The summed E-state index contributed by atoms with van der Waals surface area (Å²) in [5.41, 5.74) is -0.558. The van der Waals surface area contributed by atoms with Gasteiger partial charge in [0.1, 0.15) is 11.5 Å². The number of nitro groups is 1. The van der Waals surface area contributed by atoms with E-state index in [4.69, 9.17) is 21.4 Å². The molecular weight excluding hydrogens is 295 g/mol. The van der Waals surface area contributed by atoms with Crippen LogP contribution in [0.5, 0.6) is 0 Å². The molecule has 1 heterocycles. The summed E-state index contributed by atoms with van der Waals surface area (Å²) < 4.78 is 18.4. The molecule has 1 aliphatic rings. The molecule has 1 fully saturated rings. The lowest BCUT2D eigenvalue weighted by Gasteiger charge is -2.34. The molecule has 20 heavy (non-hydrogen) atoms. The van der Waals surface area contributed by atoms with Crippen molar-refractivity contribution in [2.24, 2.45) is 0 Å². The van der Waals surface area contributed by atoms with Gasteiger partial charge >= 0.3 is 5.97 Å². The van der Waals surface area contributed by atoms with Crippen molar-refractivity contribution in [1.82, 2.24) is 0 Å². The van der Waals surface area contributed by atoms with Crippen molar-refractivity contribution >= 4 is 28.9 Å². The van der Waals surface area contributed by atoms with Crippen LogP contribution in [0, 0.1) is 15.9 Å². The third-order valence-corrected chi connectivity index (χ3v) is 3.23. The number of benzene rings is 1. The van der Waals surface area contributed by atoms with Crippen molar-refractivity contribution < 1.29 is 24.0 Å². The number of anilines is 1. The second-order valence-corrected chi connectivity index (χ2v) is 4.54. The van der Waals surface area contributed by atoms with Crippen molar-refractivity contribution in [3.8, 4) is 0 Å². The van der Waals surface area contributed by atoms with Crippen molar-refractivity contribution in [1.29, 1.82) is 0 Å². The van der Waals surface area contributed by atoms with E-state index >= 15 is 0 Å². The molecule has 0 amide bonds. The second-order valence-electron chi connectivity index (χ2n) is 4.13. The summed E-state index contributed by atoms with van der Waals surface area (Å²) in [5, 5.41) is 19.8. The quantitative estimate of drug-likeness (QED) is 0.674. The Kier molecular flexibility index (Phi) is 4.05. The molecule has 0 radical (unpaired) electrons. The number of morpholine rings is 1. The van der Waals surface area contributed by atoms with E-state index < -0.39 is 28.4 Å². The predicted molar refractivity (Wildman–Crippen MR) is 67.7 cm³/mol. The zero-order chi connectivity index (χ0) is 14.9. The van der Waals surface area contributed by atoms with Crippen LogP contribution in [-0.4, -0.2) is 41.8 Å². The fourth-order valence-corrected chi connectivity index (χ4v) is 2.16. The van der Waals surface area contributed by atoms with Crippen molar-refractivity contribution in [2.45, 2.75) is 6.04 Å². The van der Waals surface area contributed by atoms with Gasteiger partial charge in [-0.2, -0.15) is 0 Å². The third-order valence-electron chi connectivity index (χ3n) is 2.94. The molecule has 0 aliphatic carbocycles. The number of carbonyl (C=O) groups is 1. The van der Waals surface area contributed by atoms with Gasteiger partial charge in [-0.05, 0) is 6.07 Å².